The third kappa shape index (κ3) is 14.8. The summed E-state index contributed by atoms with van der Waals surface area (Å²) >= 11 is 8.34. The van der Waals surface area contributed by atoms with Crippen molar-refractivity contribution in [2.75, 3.05) is 42.9 Å². The van der Waals surface area contributed by atoms with Crippen molar-refractivity contribution in [2.24, 2.45) is 0 Å². The van der Waals surface area contributed by atoms with Crippen LogP contribution < -0.4 is 38.1 Å². The lowest BCUT2D eigenvalue weighted by Crippen LogP contribution is -1.92. The Kier molecular flexibility index (Phi) is 17.6. The monoisotopic (exact) mass is 750 g/mol. The van der Waals surface area contributed by atoms with E-state index in [2.05, 4.69) is 15.9 Å². The van der Waals surface area contributed by atoms with Gasteiger partial charge >= 0.3 is 0 Å². The van der Waals surface area contributed by atoms with Crippen LogP contribution in [0.3, 0.4) is 0 Å². The van der Waals surface area contributed by atoms with Crippen LogP contribution in [0.5, 0.6) is 11.5 Å². The molecule has 0 fully saturated rings. The van der Waals surface area contributed by atoms with Crippen molar-refractivity contribution in [3.63, 3.8) is 0 Å². The van der Waals surface area contributed by atoms with Crippen molar-refractivity contribution in [3.05, 3.63) is 140 Å². The second kappa shape index (κ2) is 20.7. The molecule has 0 bridgehead atoms. The quantitative estimate of drug-likeness (QED) is 0.0684. The van der Waals surface area contributed by atoms with Crippen molar-refractivity contribution < 1.29 is 27.6 Å². The Morgan fingerprint density at radius 3 is 1.75 bits per heavy atom. The molecule has 0 unspecified atom stereocenters. The molecule has 10 N–H and O–H groups in total. The number of rotatable bonds is 3. The lowest BCUT2D eigenvalue weighted by molar-refractivity contribution is -0.384. The van der Waals surface area contributed by atoms with Crippen LogP contribution in [0, 0.1) is 34.5 Å². The van der Waals surface area contributed by atoms with Gasteiger partial charge in [-0.3, -0.25) is 10.1 Å². The highest BCUT2D eigenvalue weighted by atomic mass is 79.9. The summed E-state index contributed by atoms with van der Waals surface area (Å²) in [5.41, 5.74) is 29.6. The summed E-state index contributed by atoms with van der Waals surface area (Å²) in [5, 5.41) is 10.4. The zero-order chi connectivity index (χ0) is 36.4. The van der Waals surface area contributed by atoms with Crippen molar-refractivity contribution in [1.82, 2.24) is 0 Å². The minimum absolute atomic E-state index is 0.0131. The Balaban J connectivity index is 0.000000300. The highest BCUT2D eigenvalue weighted by Crippen LogP contribution is 2.23. The lowest BCUT2D eigenvalue weighted by atomic mass is 10.2. The van der Waals surface area contributed by atoms with Gasteiger partial charge in [0.15, 0.2) is 0 Å². The smallest absolute Gasteiger partial charge is 0.271 e. The average molecular weight is 752 g/mol. The Morgan fingerprint density at radius 2 is 1.29 bits per heavy atom. The molecule has 48 heavy (non-hydrogen) atoms. The van der Waals surface area contributed by atoms with Gasteiger partial charge in [-0.2, -0.15) is 0 Å². The molecule has 0 aliphatic heterocycles. The summed E-state index contributed by atoms with van der Waals surface area (Å²) in [6.07, 6.45) is 0. The van der Waals surface area contributed by atoms with Gasteiger partial charge in [-0.15, -0.1) is 0 Å². The number of anilines is 5. The van der Waals surface area contributed by atoms with Crippen molar-refractivity contribution in [1.29, 1.82) is 0 Å². The van der Waals surface area contributed by atoms with Crippen LogP contribution in [-0.4, -0.2) is 19.1 Å². The number of non-ortho nitro benzene ring substituents is 1. The molecule has 15 heteroatoms. The van der Waals surface area contributed by atoms with Crippen LogP contribution in [0.2, 0.25) is 5.02 Å². The van der Waals surface area contributed by atoms with Gasteiger partial charge in [-0.25, -0.2) is 13.2 Å². The van der Waals surface area contributed by atoms with E-state index in [0.29, 0.717) is 5.69 Å². The molecular weight excluding hydrogens is 717 g/mol. The van der Waals surface area contributed by atoms with Gasteiger partial charge in [-0.1, -0.05) is 23.7 Å². The zero-order valence-corrected chi connectivity index (χ0v) is 28.4. The highest BCUT2D eigenvalue weighted by Gasteiger charge is 2.04. The molecule has 0 amide bonds. The van der Waals surface area contributed by atoms with Gasteiger partial charge < -0.3 is 38.1 Å². The van der Waals surface area contributed by atoms with Crippen LogP contribution in [0.15, 0.2) is 102 Å². The average Bonchev–Trinajstić information content (AvgIpc) is 3.04. The first-order chi connectivity index (χ1) is 22.6. The number of ether oxygens (including phenoxy) is 2. The molecule has 0 saturated heterocycles. The number of nitrogens with two attached hydrogens (primary N) is 5. The molecule has 10 nitrogen and oxygen atoms in total. The predicted octanol–water partition coefficient (Wildman–Crippen LogP) is 8.41. The van der Waals surface area contributed by atoms with Gasteiger partial charge in [0.05, 0.1) is 35.5 Å². The molecule has 5 rings (SSSR count). The van der Waals surface area contributed by atoms with E-state index < -0.39 is 22.4 Å². The van der Waals surface area contributed by atoms with Crippen molar-refractivity contribution in [3.8, 4) is 11.5 Å². The van der Waals surface area contributed by atoms with E-state index in [1.54, 1.807) is 44.6 Å². The third-order valence-corrected chi connectivity index (χ3v) is 6.64. The molecule has 5 aromatic rings. The first-order valence-electron chi connectivity index (χ1n) is 13.5. The second-order valence-corrected chi connectivity index (χ2v) is 10.5. The fourth-order valence-corrected chi connectivity index (χ4v) is 3.78. The number of nitro groups is 1. The summed E-state index contributed by atoms with van der Waals surface area (Å²) in [5.74, 6) is -0.133. The minimum atomic E-state index is -0.744. The van der Waals surface area contributed by atoms with Crippen LogP contribution in [0.4, 0.5) is 47.3 Å². The van der Waals surface area contributed by atoms with Gasteiger partial charge in [-0.05, 0) is 95.1 Å². The molecule has 0 aliphatic rings. The number of nitro benzene ring substituents is 1. The van der Waals surface area contributed by atoms with Gasteiger partial charge in [0, 0.05) is 39.7 Å². The number of methoxy groups -OCH3 is 2. The van der Waals surface area contributed by atoms with Crippen LogP contribution in [-0.2, 0) is 0 Å². The summed E-state index contributed by atoms with van der Waals surface area (Å²) in [6.45, 7) is 1.97. The minimum Gasteiger partial charge on any atom is -0.497 e. The van der Waals surface area contributed by atoms with E-state index in [1.807, 2.05) is 37.3 Å². The van der Waals surface area contributed by atoms with Crippen molar-refractivity contribution >= 4 is 61.7 Å². The standard InChI is InChI=1S/C8H11NO.C7H9NO.C6H4BrF2N.C6H5ClFN.C6H6N2O2/c1-6-5-7(9)3-4-8(6)10-2;1-9-7-4-2-6(8)3-5-7;7-4-1-3(8)2-5(9)6(4)10;7-4-2-1-3-5(8)6(4)9;7-5-2-1-3-6(4-5)8(9)10/h3-5H,9H2,1-2H3;2-5H,8H2,1H3;1-2H,10H2;1-3H,9H2;1-4H,7H2. The number of hydrogen-bond acceptors (Lipinski definition) is 9. The first-order valence-corrected chi connectivity index (χ1v) is 14.7. The molecule has 0 aromatic heterocycles. The molecule has 256 valence electrons. The Hall–Kier alpha value is -5.34. The number of halogens is 5. The molecular formula is C33H35BrClF3N6O4. The number of aryl methyl sites for hydroxylation is 1. The molecule has 0 heterocycles. The number of nitrogen functional groups attached to an aromatic ring is 5. The van der Waals surface area contributed by atoms with E-state index in [0.717, 1.165) is 40.6 Å². The SMILES string of the molecule is COc1ccc(N)cc1.COc1ccc(N)cc1C.Nc1c(F)cc(F)cc1Br.Nc1c(F)cccc1Cl.Nc1cccc([N+](=O)[O-])c1. The maximum atomic E-state index is 12.4. The number of hydrogen-bond donors (Lipinski definition) is 5. The summed E-state index contributed by atoms with van der Waals surface area (Å²) in [7, 11) is 3.28. The van der Waals surface area contributed by atoms with Crippen LogP contribution >= 0.6 is 27.5 Å². The second-order valence-electron chi connectivity index (χ2n) is 9.27. The van der Waals surface area contributed by atoms with E-state index in [9.17, 15) is 23.3 Å². The van der Waals surface area contributed by atoms with E-state index in [4.69, 9.17) is 49.7 Å². The maximum Gasteiger partial charge on any atom is 0.271 e. The molecule has 0 atom stereocenters. The maximum absolute atomic E-state index is 12.4. The van der Waals surface area contributed by atoms with Crippen LogP contribution in [0.25, 0.3) is 0 Å². The van der Waals surface area contributed by atoms with Crippen LogP contribution in [0.1, 0.15) is 5.56 Å². The van der Waals surface area contributed by atoms with Gasteiger partial charge in [0.25, 0.3) is 5.69 Å². The Bertz CT molecular complexity index is 1730. The zero-order valence-electron chi connectivity index (χ0n) is 26.1. The summed E-state index contributed by atoms with van der Waals surface area (Å²) < 4.78 is 47.3. The number of benzene rings is 5. The third-order valence-electron chi connectivity index (χ3n) is 5.66. The van der Waals surface area contributed by atoms with Gasteiger partial charge in [0.2, 0.25) is 0 Å². The fourth-order valence-electron chi connectivity index (χ4n) is 3.21. The molecule has 5 aromatic carbocycles. The summed E-state index contributed by atoms with van der Waals surface area (Å²) in [4.78, 5) is 9.63. The molecule has 0 radical (unpaired) electrons. The van der Waals surface area contributed by atoms with E-state index >= 15 is 0 Å². The molecule has 0 aliphatic carbocycles. The highest BCUT2D eigenvalue weighted by molar-refractivity contribution is 9.10. The summed E-state index contributed by atoms with van der Waals surface area (Å²) in [6, 6.07) is 24.9. The first kappa shape index (κ1) is 40.7. The largest absolute Gasteiger partial charge is 0.497 e. The Labute approximate surface area is 289 Å². The normalized spacial score (nSPS) is 9.42. The van der Waals surface area contributed by atoms with Gasteiger partial charge in [0.1, 0.15) is 29.0 Å². The fraction of sp³-hybridized carbons (Fsp3) is 0.0909. The predicted molar refractivity (Wildman–Crippen MR) is 191 cm³/mol. The molecule has 0 saturated carbocycles. The molecule has 0 spiro atoms. The van der Waals surface area contributed by atoms with E-state index in [-0.39, 0.29) is 26.6 Å². The Morgan fingerprint density at radius 1 is 0.708 bits per heavy atom. The number of nitrogens with zero attached hydrogens (tertiary/aromatic N) is 1. The lowest BCUT2D eigenvalue weighted by Gasteiger charge is -2.03. The number of para-hydroxylation sites is 1. The topological polar surface area (TPSA) is 192 Å². The van der Waals surface area contributed by atoms with E-state index in [1.165, 1.54) is 24.3 Å². The van der Waals surface area contributed by atoms with Crippen molar-refractivity contribution in [2.45, 2.75) is 6.92 Å².